The lowest BCUT2D eigenvalue weighted by Crippen LogP contribution is -2.41. The van der Waals surface area contributed by atoms with E-state index in [4.69, 9.17) is 0 Å². The Morgan fingerprint density at radius 1 is 1.28 bits per heavy atom. The number of benzene rings is 1. The molecule has 0 aromatic heterocycles. The number of nitro benzene ring substituents is 1. The Labute approximate surface area is 103 Å². The molecule has 0 saturated carbocycles. The van der Waals surface area contributed by atoms with Crippen LogP contribution in [0.15, 0.2) is 24.3 Å². The summed E-state index contributed by atoms with van der Waals surface area (Å²) < 4.78 is 0. The predicted molar refractivity (Wildman–Crippen MR) is 63.6 cm³/mol. The number of nitro groups is 1. The van der Waals surface area contributed by atoms with Crippen LogP contribution in [0.25, 0.3) is 0 Å². The van der Waals surface area contributed by atoms with Gasteiger partial charge in [0.05, 0.1) is 4.92 Å². The lowest BCUT2D eigenvalue weighted by atomic mass is 10.2. The van der Waals surface area contributed by atoms with Gasteiger partial charge in [-0.3, -0.25) is 30.6 Å². The molecule has 0 bridgehead atoms. The van der Waals surface area contributed by atoms with Gasteiger partial charge in [-0.25, -0.2) is 0 Å². The Morgan fingerprint density at radius 2 is 1.94 bits per heavy atom. The zero-order chi connectivity index (χ0) is 13.5. The standard InChI is InChI=1S/C11H13N3O4/c1-2-5-10(15)12-13-11(16)8-6-3-4-7-9(8)14(17)18/h3-4,6-7H,2,5H2,1H3,(H,12,15)(H,13,16). The van der Waals surface area contributed by atoms with Crippen molar-refractivity contribution >= 4 is 17.5 Å². The van der Waals surface area contributed by atoms with Crippen LogP contribution >= 0.6 is 0 Å². The van der Waals surface area contributed by atoms with Crippen molar-refractivity contribution in [1.82, 2.24) is 10.9 Å². The maximum atomic E-state index is 11.6. The average molecular weight is 251 g/mol. The molecule has 0 saturated heterocycles. The lowest BCUT2D eigenvalue weighted by molar-refractivity contribution is -0.385. The summed E-state index contributed by atoms with van der Waals surface area (Å²) in [5, 5.41) is 10.7. The fourth-order valence-electron chi connectivity index (χ4n) is 1.31. The highest BCUT2D eigenvalue weighted by Gasteiger charge is 2.19. The number of nitrogens with zero attached hydrogens (tertiary/aromatic N) is 1. The summed E-state index contributed by atoms with van der Waals surface area (Å²) in [6.07, 6.45) is 0.921. The number of nitrogens with one attached hydrogen (secondary N) is 2. The van der Waals surface area contributed by atoms with E-state index < -0.39 is 10.8 Å². The SMILES string of the molecule is CCCC(=O)NNC(=O)c1ccccc1[N+](=O)[O-]. The number of carbonyl (C=O) groups is 2. The summed E-state index contributed by atoms with van der Waals surface area (Å²) in [7, 11) is 0. The van der Waals surface area contributed by atoms with E-state index in [-0.39, 0.29) is 23.6 Å². The molecule has 2 amide bonds. The van der Waals surface area contributed by atoms with Crippen molar-refractivity contribution in [3.63, 3.8) is 0 Å². The molecule has 0 aliphatic rings. The summed E-state index contributed by atoms with van der Waals surface area (Å²) in [5.41, 5.74) is 3.92. The molecule has 0 radical (unpaired) electrons. The van der Waals surface area contributed by atoms with Crippen molar-refractivity contribution in [3.8, 4) is 0 Å². The molecule has 0 unspecified atom stereocenters. The topological polar surface area (TPSA) is 101 Å². The van der Waals surface area contributed by atoms with Crippen LogP contribution in [0.2, 0.25) is 0 Å². The minimum atomic E-state index is -0.716. The summed E-state index contributed by atoms with van der Waals surface area (Å²) in [5.74, 6) is -1.06. The van der Waals surface area contributed by atoms with Crippen LogP contribution in [-0.2, 0) is 4.79 Å². The second-order valence-corrected chi connectivity index (χ2v) is 3.53. The van der Waals surface area contributed by atoms with Crippen LogP contribution in [0.3, 0.4) is 0 Å². The number of hydrogen-bond donors (Lipinski definition) is 2. The van der Waals surface area contributed by atoms with Gasteiger partial charge in [0.15, 0.2) is 0 Å². The fraction of sp³-hybridized carbons (Fsp3) is 0.273. The van der Waals surface area contributed by atoms with Crippen molar-refractivity contribution in [2.75, 3.05) is 0 Å². The smallest absolute Gasteiger partial charge is 0.273 e. The highest BCUT2D eigenvalue weighted by molar-refractivity contribution is 5.98. The zero-order valence-electron chi connectivity index (χ0n) is 9.80. The van der Waals surface area contributed by atoms with Gasteiger partial charge in [0.2, 0.25) is 5.91 Å². The van der Waals surface area contributed by atoms with E-state index in [1.165, 1.54) is 24.3 Å². The summed E-state index contributed by atoms with van der Waals surface area (Å²) >= 11 is 0. The van der Waals surface area contributed by atoms with Gasteiger partial charge in [-0.15, -0.1) is 0 Å². The first kappa shape index (κ1) is 13.6. The fourth-order valence-corrected chi connectivity index (χ4v) is 1.31. The molecule has 0 atom stereocenters. The van der Waals surface area contributed by atoms with Crippen LogP contribution in [0, 0.1) is 10.1 Å². The Kier molecular flexibility index (Phi) is 4.79. The molecule has 1 aromatic rings. The molecule has 0 aliphatic carbocycles. The number of para-hydroxylation sites is 1. The Balaban J connectivity index is 2.73. The third-order valence-corrected chi connectivity index (χ3v) is 2.14. The normalized spacial score (nSPS) is 9.61. The molecule has 1 rings (SSSR count). The van der Waals surface area contributed by atoms with Crippen molar-refractivity contribution in [2.45, 2.75) is 19.8 Å². The van der Waals surface area contributed by atoms with Crippen LogP contribution in [-0.4, -0.2) is 16.7 Å². The molecule has 0 spiro atoms. The third-order valence-electron chi connectivity index (χ3n) is 2.14. The molecule has 18 heavy (non-hydrogen) atoms. The van der Waals surface area contributed by atoms with E-state index >= 15 is 0 Å². The van der Waals surface area contributed by atoms with Gasteiger partial charge in [0, 0.05) is 12.5 Å². The molecule has 96 valence electrons. The molecule has 0 fully saturated rings. The molecular formula is C11H13N3O4. The Bertz CT molecular complexity index is 473. The van der Waals surface area contributed by atoms with Gasteiger partial charge in [0.1, 0.15) is 5.56 Å². The summed E-state index contributed by atoms with van der Waals surface area (Å²) in [4.78, 5) is 32.8. The lowest BCUT2D eigenvalue weighted by Gasteiger charge is -2.06. The monoisotopic (exact) mass is 251 g/mol. The summed E-state index contributed by atoms with van der Waals surface area (Å²) in [6, 6.07) is 5.52. The number of rotatable bonds is 4. The van der Waals surface area contributed by atoms with Gasteiger partial charge in [-0.1, -0.05) is 19.1 Å². The van der Waals surface area contributed by atoms with E-state index in [0.29, 0.717) is 6.42 Å². The minimum Gasteiger partial charge on any atom is -0.273 e. The summed E-state index contributed by atoms with van der Waals surface area (Å²) in [6.45, 7) is 1.82. The predicted octanol–water partition coefficient (Wildman–Crippen LogP) is 1.16. The number of amides is 2. The van der Waals surface area contributed by atoms with Crippen LogP contribution in [0.4, 0.5) is 5.69 Å². The molecule has 7 nitrogen and oxygen atoms in total. The molecule has 7 heteroatoms. The second kappa shape index (κ2) is 6.33. The Hall–Kier alpha value is -2.44. The first-order valence-electron chi connectivity index (χ1n) is 5.39. The average Bonchev–Trinajstić information content (AvgIpc) is 2.36. The zero-order valence-corrected chi connectivity index (χ0v) is 9.80. The number of carbonyl (C=O) groups excluding carboxylic acids is 2. The first-order valence-corrected chi connectivity index (χ1v) is 5.39. The molecular weight excluding hydrogens is 238 g/mol. The molecule has 0 aliphatic heterocycles. The van der Waals surface area contributed by atoms with E-state index in [1.807, 2.05) is 6.92 Å². The van der Waals surface area contributed by atoms with Gasteiger partial charge in [-0.05, 0) is 12.5 Å². The van der Waals surface area contributed by atoms with E-state index in [2.05, 4.69) is 10.9 Å². The van der Waals surface area contributed by atoms with Gasteiger partial charge >= 0.3 is 0 Å². The van der Waals surface area contributed by atoms with Crippen molar-refractivity contribution in [3.05, 3.63) is 39.9 Å². The van der Waals surface area contributed by atoms with Gasteiger partial charge in [0.25, 0.3) is 11.6 Å². The maximum absolute atomic E-state index is 11.6. The second-order valence-electron chi connectivity index (χ2n) is 3.53. The molecule has 0 heterocycles. The Morgan fingerprint density at radius 3 is 2.56 bits per heavy atom. The number of hydrazine groups is 1. The maximum Gasteiger partial charge on any atom is 0.282 e. The highest BCUT2D eigenvalue weighted by Crippen LogP contribution is 2.16. The van der Waals surface area contributed by atoms with Crippen LogP contribution in [0.5, 0.6) is 0 Å². The first-order chi connectivity index (χ1) is 8.56. The van der Waals surface area contributed by atoms with E-state index in [9.17, 15) is 19.7 Å². The quantitative estimate of drug-likeness (QED) is 0.619. The molecule has 1 aromatic carbocycles. The van der Waals surface area contributed by atoms with Crippen molar-refractivity contribution < 1.29 is 14.5 Å². The van der Waals surface area contributed by atoms with Crippen molar-refractivity contribution in [2.24, 2.45) is 0 Å². The van der Waals surface area contributed by atoms with Gasteiger partial charge < -0.3 is 0 Å². The van der Waals surface area contributed by atoms with Crippen LogP contribution < -0.4 is 10.9 Å². The minimum absolute atomic E-state index is 0.0979. The third kappa shape index (κ3) is 3.55. The van der Waals surface area contributed by atoms with Crippen LogP contribution in [0.1, 0.15) is 30.1 Å². The largest absolute Gasteiger partial charge is 0.282 e. The molecule has 2 N–H and O–H groups in total. The highest BCUT2D eigenvalue weighted by atomic mass is 16.6. The van der Waals surface area contributed by atoms with Crippen molar-refractivity contribution in [1.29, 1.82) is 0 Å². The van der Waals surface area contributed by atoms with Gasteiger partial charge in [-0.2, -0.15) is 0 Å². The van der Waals surface area contributed by atoms with E-state index in [1.54, 1.807) is 0 Å². The van der Waals surface area contributed by atoms with E-state index in [0.717, 1.165) is 0 Å². The number of hydrogen-bond acceptors (Lipinski definition) is 4.